The molecule has 18 heavy (non-hydrogen) atoms. The maximum Gasteiger partial charge on any atom is 0.137 e. The van der Waals surface area contributed by atoms with E-state index in [-0.39, 0.29) is 5.82 Å². The molecule has 0 radical (unpaired) electrons. The van der Waals surface area contributed by atoms with Crippen LogP contribution in [-0.4, -0.2) is 12.3 Å². The lowest BCUT2D eigenvalue weighted by Crippen LogP contribution is -2.14. The van der Waals surface area contributed by atoms with Crippen LogP contribution in [0.3, 0.4) is 0 Å². The Labute approximate surface area is 115 Å². The molecule has 1 aromatic carbocycles. The molecule has 3 heteroatoms. The SMILES string of the molecule is CCCNCc1cccc(F)c1SCCC(C)C. The zero-order valence-electron chi connectivity index (χ0n) is 11.6. The smallest absolute Gasteiger partial charge is 0.137 e. The second-order valence-electron chi connectivity index (χ2n) is 4.94. The lowest BCUT2D eigenvalue weighted by Gasteiger charge is -2.11. The predicted octanol–water partition coefficient (Wildman–Crippen LogP) is 4.46. The van der Waals surface area contributed by atoms with E-state index in [0.29, 0.717) is 5.92 Å². The van der Waals surface area contributed by atoms with Crippen LogP contribution in [0.25, 0.3) is 0 Å². The standard InChI is InChI=1S/C15H24FNS/c1-4-9-17-11-13-6-5-7-14(16)15(13)18-10-8-12(2)3/h5-7,12,17H,4,8-11H2,1-3H3. The van der Waals surface area contributed by atoms with E-state index in [1.54, 1.807) is 23.9 Å². The van der Waals surface area contributed by atoms with Crippen LogP contribution >= 0.6 is 11.8 Å². The zero-order valence-corrected chi connectivity index (χ0v) is 12.4. The molecule has 0 saturated carbocycles. The van der Waals surface area contributed by atoms with Gasteiger partial charge in [0.2, 0.25) is 0 Å². The van der Waals surface area contributed by atoms with Crippen molar-refractivity contribution in [1.29, 1.82) is 0 Å². The quantitative estimate of drug-likeness (QED) is 0.552. The Morgan fingerprint density at radius 2 is 2.11 bits per heavy atom. The topological polar surface area (TPSA) is 12.0 Å². The van der Waals surface area contributed by atoms with Gasteiger partial charge in [-0.1, -0.05) is 32.9 Å². The van der Waals surface area contributed by atoms with Crippen LogP contribution in [0.15, 0.2) is 23.1 Å². The van der Waals surface area contributed by atoms with Crippen molar-refractivity contribution in [2.24, 2.45) is 5.92 Å². The van der Waals surface area contributed by atoms with E-state index in [4.69, 9.17) is 0 Å². The summed E-state index contributed by atoms with van der Waals surface area (Å²) in [4.78, 5) is 0.821. The van der Waals surface area contributed by atoms with Gasteiger partial charge in [0.25, 0.3) is 0 Å². The minimum atomic E-state index is -0.0837. The van der Waals surface area contributed by atoms with Gasteiger partial charge >= 0.3 is 0 Å². The van der Waals surface area contributed by atoms with E-state index >= 15 is 0 Å². The van der Waals surface area contributed by atoms with Crippen molar-refractivity contribution in [1.82, 2.24) is 5.32 Å². The highest BCUT2D eigenvalue weighted by Gasteiger charge is 2.09. The molecule has 0 heterocycles. The van der Waals surface area contributed by atoms with Gasteiger partial charge < -0.3 is 5.32 Å². The van der Waals surface area contributed by atoms with Gasteiger partial charge in [0.1, 0.15) is 5.82 Å². The second-order valence-corrected chi connectivity index (χ2v) is 6.04. The van der Waals surface area contributed by atoms with Crippen molar-refractivity contribution in [3.05, 3.63) is 29.6 Å². The van der Waals surface area contributed by atoms with Gasteiger partial charge in [0.05, 0.1) is 0 Å². The van der Waals surface area contributed by atoms with Gasteiger partial charge in [-0.05, 0) is 42.7 Å². The lowest BCUT2D eigenvalue weighted by molar-refractivity contribution is 0.587. The summed E-state index contributed by atoms with van der Waals surface area (Å²) in [6.45, 7) is 8.27. The third kappa shape index (κ3) is 5.40. The summed E-state index contributed by atoms with van der Waals surface area (Å²) in [6, 6.07) is 5.37. The van der Waals surface area contributed by atoms with E-state index in [1.807, 2.05) is 6.07 Å². The molecule has 102 valence electrons. The summed E-state index contributed by atoms with van der Waals surface area (Å²) in [5, 5.41) is 3.34. The first-order chi connectivity index (χ1) is 8.65. The van der Waals surface area contributed by atoms with E-state index in [2.05, 4.69) is 26.1 Å². The molecule has 1 nitrogen and oxygen atoms in total. The molecule has 1 aromatic rings. The Morgan fingerprint density at radius 1 is 1.33 bits per heavy atom. The molecule has 1 rings (SSSR count). The maximum atomic E-state index is 13.8. The van der Waals surface area contributed by atoms with Crippen molar-refractivity contribution in [3.8, 4) is 0 Å². The molecule has 0 bridgehead atoms. The molecular weight excluding hydrogens is 245 g/mol. The molecule has 0 aliphatic carbocycles. The predicted molar refractivity (Wildman–Crippen MR) is 78.6 cm³/mol. The summed E-state index contributed by atoms with van der Waals surface area (Å²) in [6.07, 6.45) is 2.23. The molecule has 1 N–H and O–H groups in total. The molecule has 0 aromatic heterocycles. The lowest BCUT2D eigenvalue weighted by atomic mass is 10.2. The highest BCUT2D eigenvalue weighted by Crippen LogP contribution is 2.27. The first-order valence-electron chi connectivity index (χ1n) is 6.76. The van der Waals surface area contributed by atoms with Gasteiger partial charge in [0.15, 0.2) is 0 Å². The number of hydrogen-bond acceptors (Lipinski definition) is 2. The number of thioether (sulfide) groups is 1. The normalized spacial score (nSPS) is 11.2. The molecule has 0 aliphatic heterocycles. The van der Waals surface area contributed by atoms with Gasteiger partial charge in [-0.2, -0.15) is 0 Å². The third-order valence-electron chi connectivity index (χ3n) is 2.73. The molecule has 0 atom stereocenters. The van der Waals surface area contributed by atoms with Gasteiger partial charge in [-0.3, -0.25) is 0 Å². The van der Waals surface area contributed by atoms with E-state index in [9.17, 15) is 4.39 Å². The van der Waals surface area contributed by atoms with Crippen molar-refractivity contribution in [2.75, 3.05) is 12.3 Å². The Hall–Kier alpha value is -0.540. The van der Waals surface area contributed by atoms with Crippen LogP contribution in [-0.2, 0) is 6.54 Å². The van der Waals surface area contributed by atoms with Crippen molar-refractivity contribution >= 4 is 11.8 Å². The van der Waals surface area contributed by atoms with Gasteiger partial charge in [0, 0.05) is 11.4 Å². The molecule has 0 amide bonds. The Kier molecular flexibility index (Phi) is 7.36. The van der Waals surface area contributed by atoms with Crippen LogP contribution < -0.4 is 5.32 Å². The summed E-state index contributed by atoms with van der Waals surface area (Å²) >= 11 is 1.65. The van der Waals surface area contributed by atoms with Crippen molar-refractivity contribution in [3.63, 3.8) is 0 Å². The molecule has 0 fully saturated rings. The van der Waals surface area contributed by atoms with Gasteiger partial charge in [-0.15, -0.1) is 11.8 Å². The van der Waals surface area contributed by atoms with E-state index in [0.717, 1.165) is 42.1 Å². The highest BCUT2D eigenvalue weighted by atomic mass is 32.2. The summed E-state index contributed by atoms with van der Waals surface area (Å²) in [5.74, 6) is 1.57. The van der Waals surface area contributed by atoms with Crippen LogP contribution in [0, 0.1) is 11.7 Å². The number of nitrogens with one attached hydrogen (secondary N) is 1. The first kappa shape index (κ1) is 15.5. The average molecular weight is 269 g/mol. The van der Waals surface area contributed by atoms with E-state index in [1.165, 1.54) is 0 Å². The minimum absolute atomic E-state index is 0.0837. The van der Waals surface area contributed by atoms with Crippen molar-refractivity contribution < 1.29 is 4.39 Å². The van der Waals surface area contributed by atoms with Crippen LogP contribution in [0.4, 0.5) is 4.39 Å². The van der Waals surface area contributed by atoms with E-state index < -0.39 is 0 Å². The third-order valence-corrected chi connectivity index (χ3v) is 3.92. The van der Waals surface area contributed by atoms with Crippen LogP contribution in [0.2, 0.25) is 0 Å². The monoisotopic (exact) mass is 269 g/mol. The minimum Gasteiger partial charge on any atom is -0.313 e. The van der Waals surface area contributed by atoms with Crippen LogP contribution in [0.5, 0.6) is 0 Å². The Morgan fingerprint density at radius 3 is 2.78 bits per heavy atom. The fourth-order valence-corrected chi connectivity index (χ4v) is 2.98. The molecule has 0 unspecified atom stereocenters. The molecule has 0 spiro atoms. The largest absolute Gasteiger partial charge is 0.313 e. The zero-order chi connectivity index (χ0) is 13.4. The Bertz CT molecular complexity index is 352. The molecule has 0 saturated heterocycles. The number of halogens is 1. The fourth-order valence-electron chi connectivity index (χ4n) is 1.65. The number of hydrogen-bond donors (Lipinski definition) is 1. The number of benzene rings is 1. The Balaban J connectivity index is 2.61. The van der Waals surface area contributed by atoms with Crippen molar-refractivity contribution in [2.45, 2.75) is 45.1 Å². The number of rotatable bonds is 8. The second kappa shape index (κ2) is 8.54. The van der Waals surface area contributed by atoms with Crippen LogP contribution in [0.1, 0.15) is 39.2 Å². The summed E-state index contributed by atoms with van der Waals surface area (Å²) in [5.41, 5.74) is 1.08. The summed E-state index contributed by atoms with van der Waals surface area (Å²) in [7, 11) is 0. The maximum absolute atomic E-state index is 13.8. The average Bonchev–Trinajstić information content (AvgIpc) is 2.32. The molecular formula is C15H24FNS. The summed E-state index contributed by atoms with van der Waals surface area (Å²) < 4.78 is 13.8. The fraction of sp³-hybridized carbons (Fsp3) is 0.600. The molecule has 0 aliphatic rings. The highest BCUT2D eigenvalue weighted by molar-refractivity contribution is 7.99. The van der Waals surface area contributed by atoms with Gasteiger partial charge in [-0.25, -0.2) is 4.39 Å². The first-order valence-corrected chi connectivity index (χ1v) is 7.74.